The molecule has 0 saturated heterocycles. The number of halogens is 3. The number of hydrogen-bond acceptors (Lipinski definition) is 3. The number of benzene rings is 2. The lowest BCUT2D eigenvalue weighted by molar-refractivity contribution is -0.274. The fraction of sp³-hybridized carbons (Fsp3) is 0.143. The molecule has 0 atom stereocenters. The molecule has 0 bridgehead atoms. The van der Waals surface area contributed by atoms with E-state index in [1.807, 2.05) is 19.1 Å². The highest BCUT2D eigenvalue weighted by Crippen LogP contribution is 2.26. The summed E-state index contributed by atoms with van der Waals surface area (Å²) in [4.78, 5) is 0. The van der Waals surface area contributed by atoms with Gasteiger partial charge in [0.15, 0.2) is 0 Å². The van der Waals surface area contributed by atoms with Crippen molar-refractivity contribution in [1.29, 1.82) is 0 Å². The van der Waals surface area contributed by atoms with Crippen molar-refractivity contribution in [2.24, 2.45) is 0 Å². The zero-order valence-electron chi connectivity index (χ0n) is 10.7. The molecule has 0 aliphatic carbocycles. The second-order valence-corrected chi connectivity index (χ2v) is 4.27. The van der Waals surface area contributed by atoms with Crippen molar-refractivity contribution in [1.82, 2.24) is 0 Å². The molecule has 20 heavy (non-hydrogen) atoms. The van der Waals surface area contributed by atoms with Crippen molar-refractivity contribution in [3.05, 3.63) is 48.0 Å². The highest BCUT2D eigenvalue weighted by Gasteiger charge is 2.30. The summed E-state index contributed by atoms with van der Waals surface area (Å²) in [6.07, 6.45) is -4.68. The van der Waals surface area contributed by atoms with Crippen LogP contribution in [0.4, 0.5) is 30.2 Å². The summed E-state index contributed by atoms with van der Waals surface area (Å²) in [6.45, 7) is 1.89. The van der Waals surface area contributed by atoms with Gasteiger partial charge in [0.1, 0.15) is 5.75 Å². The van der Waals surface area contributed by atoms with Crippen LogP contribution in [-0.4, -0.2) is 6.36 Å². The van der Waals surface area contributed by atoms with Crippen molar-refractivity contribution in [3.8, 4) is 5.75 Å². The highest BCUT2D eigenvalue weighted by molar-refractivity contribution is 5.65. The standard InChI is InChI=1S/C14H13F3N2O/c1-9-2-3-11(8-13(9)18)19-10-4-6-12(7-5-10)20-14(15,16)17/h2-8,19H,18H2,1H3. The van der Waals surface area contributed by atoms with Gasteiger partial charge in [-0.25, -0.2) is 0 Å². The average Bonchev–Trinajstić information content (AvgIpc) is 2.35. The van der Waals surface area contributed by atoms with E-state index in [1.54, 1.807) is 6.07 Å². The van der Waals surface area contributed by atoms with Gasteiger partial charge in [-0.2, -0.15) is 0 Å². The molecule has 3 nitrogen and oxygen atoms in total. The topological polar surface area (TPSA) is 47.3 Å². The molecule has 3 N–H and O–H groups in total. The SMILES string of the molecule is Cc1ccc(Nc2ccc(OC(F)(F)F)cc2)cc1N. The molecule has 2 rings (SSSR count). The van der Waals surface area contributed by atoms with Crippen molar-refractivity contribution in [2.45, 2.75) is 13.3 Å². The predicted octanol–water partition coefficient (Wildman–Crippen LogP) is 4.22. The summed E-state index contributed by atoms with van der Waals surface area (Å²) in [5, 5.41) is 3.05. The Labute approximate surface area is 114 Å². The molecular formula is C14H13F3N2O. The number of nitrogens with one attached hydrogen (secondary N) is 1. The summed E-state index contributed by atoms with van der Waals surface area (Å²) in [6, 6.07) is 10.9. The van der Waals surface area contributed by atoms with E-state index in [-0.39, 0.29) is 5.75 Å². The van der Waals surface area contributed by atoms with Crippen molar-refractivity contribution in [3.63, 3.8) is 0 Å². The summed E-state index contributed by atoms with van der Waals surface area (Å²) in [5.41, 5.74) is 8.79. The minimum atomic E-state index is -4.68. The molecule has 2 aromatic carbocycles. The number of anilines is 3. The predicted molar refractivity (Wildman–Crippen MR) is 72.0 cm³/mol. The first kappa shape index (κ1) is 14.0. The molecule has 0 aliphatic heterocycles. The lowest BCUT2D eigenvalue weighted by Gasteiger charge is -2.11. The molecule has 0 aromatic heterocycles. The Morgan fingerprint density at radius 3 is 2.15 bits per heavy atom. The first-order valence-corrected chi connectivity index (χ1v) is 5.82. The van der Waals surface area contributed by atoms with Gasteiger partial charge in [0, 0.05) is 17.1 Å². The van der Waals surface area contributed by atoms with Crippen LogP contribution >= 0.6 is 0 Å². The van der Waals surface area contributed by atoms with E-state index in [4.69, 9.17) is 5.73 Å². The van der Waals surface area contributed by atoms with Gasteiger partial charge in [-0.15, -0.1) is 13.2 Å². The Balaban J connectivity index is 2.08. The monoisotopic (exact) mass is 282 g/mol. The van der Waals surface area contributed by atoms with Crippen LogP contribution in [0.2, 0.25) is 0 Å². The maximum atomic E-state index is 12.0. The summed E-state index contributed by atoms with van der Waals surface area (Å²) >= 11 is 0. The summed E-state index contributed by atoms with van der Waals surface area (Å²) < 4.78 is 39.9. The van der Waals surface area contributed by atoms with Crippen LogP contribution in [-0.2, 0) is 0 Å². The number of rotatable bonds is 3. The lowest BCUT2D eigenvalue weighted by Crippen LogP contribution is -2.16. The molecule has 0 amide bonds. The number of nitrogen functional groups attached to an aromatic ring is 1. The van der Waals surface area contributed by atoms with Gasteiger partial charge in [0.05, 0.1) is 0 Å². The quantitative estimate of drug-likeness (QED) is 0.829. The number of aryl methyl sites for hydroxylation is 1. The third kappa shape index (κ3) is 3.81. The third-order valence-corrected chi connectivity index (χ3v) is 2.66. The molecule has 0 radical (unpaired) electrons. The maximum Gasteiger partial charge on any atom is 0.573 e. The summed E-state index contributed by atoms with van der Waals surface area (Å²) in [7, 11) is 0. The fourth-order valence-electron chi connectivity index (χ4n) is 1.62. The first-order valence-electron chi connectivity index (χ1n) is 5.82. The second-order valence-electron chi connectivity index (χ2n) is 4.27. The van der Waals surface area contributed by atoms with Gasteiger partial charge >= 0.3 is 6.36 Å². The number of nitrogens with two attached hydrogens (primary N) is 1. The smallest absolute Gasteiger partial charge is 0.406 e. The third-order valence-electron chi connectivity index (χ3n) is 2.66. The Morgan fingerprint density at radius 1 is 1.00 bits per heavy atom. The highest BCUT2D eigenvalue weighted by atomic mass is 19.4. The fourth-order valence-corrected chi connectivity index (χ4v) is 1.62. The largest absolute Gasteiger partial charge is 0.573 e. The van der Waals surface area contributed by atoms with E-state index in [1.165, 1.54) is 24.3 Å². The maximum absolute atomic E-state index is 12.0. The van der Waals surface area contributed by atoms with Crippen LogP contribution in [0, 0.1) is 6.92 Å². The van der Waals surface area contributed by atoms with E-state index >= 15 is 0 Å². The molecule has 2 aromatic rings. The molecule has 0 saturated carbocycles. The number of hydrogen-bond donors (Lipinski definition) is 2. The summed E-state index contributed by atoms with van der Waals surface area (Å²) in [5.74, 6) is -0.258. The van der Waals surface area contributed by atoms with Crippen LogP contribution in [0.25, 0.3) is 0 Å². The molecule has 106 valence electrons. The average molecular weight is 282 g/mol. The van der Waals surface area contributed by atoms with Crippen LogP contribution < -0.4 is 15.8 Å². The van der Waals surface area contributed by atoms with Crippen molar-refractivity contribution >= 4 is 17.1 Å². The minimum absolute atomic E-state index is 0.258. The number of ether oxygens (including phenoxy) is 1. The van der Waals surface area contributed by atoms with Crippen LogP contribution in [0.15, 0.2) is 42.5 Å². The zero-order valence-corrected chi connectivity index (χ0v) is 10.7. The minimum Gasteiger partial charge on any atom is -0.406 e. The van der Waals surface area contributed by atoms with Crippen LogP contribution in [0.3, 0.4) is 0 Å². The van der Waals surface area contributed by atoms with Crippen molar-refractivity contribution < 1.29 is 17.9 Å². The Morgan fingerprint density at radius 2 is 1.60 bits per heavy atom. The Hall–Kier alpha value is -2.37. The van der Waals surface area contributed by atoms with Gasteiger partial charge in [-0.3, -0.25) is 0 Å². The molecule has 0 fully saturated rings. The van der Waals surface area contributed by atoms with Gasteiger partial charge in [0.2, 0.25) is 0 Å². The van der Waals surface area contributed by atoms with Gasteiger partial charge in [0.25, 0.3) is 0 Å². The molecule has 6 heteroatoms. The second kappa shape index (κ2) is 5.32. The molecule has 0 spiro atoms. The van der Waals surface area contributed by atoms with Crippen LogP contribution in [0.1, 0.15) is 5.56 Å². The Bertz CT molecular complexity index is 594. The normalized spacial score (nSPS) is 11.2. The van der Waals surface area contributed by atoms with E-state index in [2.05, 4.69) is 10.1 Å². The zero-order chi connectivity index (χ0) is 14.8. The lowest BCUT2D eigenvalue weighted by atomic mass is 10.2. The van der Waals surface area contributed by atoms with Gasteiger partial charge < -0.3 is 15.8 Å². The van der Waals surface area contributed by atoms with Crippen molar-refractivity contribution in [2.75, 3.05) is 11.1 Å². The number of alkyl halides is 3. The van der Waals surface area contributed by atoms with E-state index in [0.717, 1.165) is 11.3 Å². The van der Waals surface area contributed by atoms with E-state index in [0.29, 0.717) is 11.4 Å². The molecule has 0 unspecified atom stereocenters. The van der Waals surface area contributed by atoms with Gasteiger partial charge in [-0.1, -0.05) is 6.07 Å². The van der Waals surface area contributed by atoms with Gasteiger partial charge in [-0.05, 0) is 48.9 Å². The molecule has 0 heterocycles. The Kier molecular flexibility index (Phi) is 3.74. The first-order chi connectivity index (χ1) is 9.33. The molecule has 0 aliphatic rings. The van der Waals surface area contributed by atoms with E-state index in [9.17, 15) is 13.2 Å². The van der Waals surface area contributed by atoms with E-state index < -0.39 is 6.36 Å². The molecular weight excluding hydrogens is 269 g/mol. The van der Waals surface area contributed by atoms with Crippen LogP contribution in [0.5, 0.6) is 5.75 Å².